The molecule has 0 saturated carbocycles. The summed E-state index contributed by atoms with van der Waals surface area (Å²) in [7, 11) is -4.06. The van der Waals surface area contributed by atoms with E-state index in [0.29, 0.717) is 23.1 Å². The van der Waals surface area contributed by atoms with Crippen molar-refractivity contribution in [2.24, 2.45) is 0 Å². The van der Waals surface area contributed by atoms with E-state index in [4.69, 9.17) is 11.6 Å². The summed E-state index contributed by atoms with van der Waals surface area (Å²) >= 11 is 6.17. The van der Waals surface area contributed by atoms with Crippen LogP contribution in [0.4, 0.5) is 13.2 Å². The molecule has 0 N–H and O–H groups in total. The van der Waals surface area contributed by atoms with Crippen molar-refractivity contribution in [3.63, 3.8) is 0 Å². The van der Waals surface area contributed by atoms with E-state index in [2.05, 4.69) is 4.98 Å². The minimum absolute atomic E-state index is 0.0218. The summed E-state index contributed by atoms with van der Waals surface area (Å²) in [5.74, 6) is -0.0304. The minimum Gasteiger partial charge on any atom is -0.301 e. The molecule has 0 fully saturated rings. The van der Waals surface area contributed by atoms with Crippen LogP contribution in [0.25, 0.3) is 11.9 Å². The number of alkyl halides is 3. The fraction of sp³-hybridized carbons (Fsp3) is 0.217. The lowest BCUT2D eigenvalue weighted by molar-refractivity contribution is -0.137. The van der Waals surface area contributed by atoms with Crippen LogP contribution < -0.4 is 0 Å². The van der Waals surface area contributed by atoms with E-state index in [9.17, 15) is 26.9 Å². The molecule has 0 aliphatic carbocycles. The fourth-order valence-corrected chi connectivity index (χ4v) is 4.71. The summed E-state index contributed by atoms with van der Waals surface area (Å²) in [4.78, 5) is 3.45. The van der Waals surface area contributed by atoms with Gasteiger partial charge in [-0.2, -0.15) is 18.4 Å². The van der Waals surface area contributed by atoms with Crippen molar-refractivity contribution in [3.05, 3.63) is 81.1 Å². The Bertz CT molecular complexity index is 1370. The highest BCUT2D eigenvalue weighted by atomic mass is 35.5. The van der Waals surface area contributed by atoms with Gasteiger partial charge in [-0.15, -0.1) is 0 Å². The van der Waals surface area contributed by atoms with Crippen molar-refractivity contribution in [2.45, 2.75) is 37.8 Å². The fourth-order valence-electron chi connectivity index (χ4n) is 3.29. The Morgan fingerprint density at radius 2 is 1.85 bits per heavy atom. The van der Waals surface area contributed by atoms with Crippen molar-refractivity contribution in [1.82, 2.24) is 9.55 Å². The third-order valence-corrected chi connectivity index (χ3v) is 6.97. The highest BCUT2D eigenvalue weighted by molar-refractivity contribution is 7.95. The van der Waals surface area contributed by atoms with E-state index in [-0.39, 0.29) is 21.7 Å². The van der Waals surface area contributed by atoms with Crippen LogP contribution in [0, 0.1) is 18.3 Å². The molecule has 3 aromatic rings. The van der Waals surface area contributed by atoms with Gasteiger partial charge >= 0.3 is 6.18 Å². The minimum atomic E-state index is -4.59. The van der Waals surface area contributed by atoms with Crippen molar-refractivity contribution in [3.8, 4) is 11.9 Å². The number of halogens is 4. The molecule has 10 heteroatoms. The first-order valence-electron chi connectivity index (χ1n) is 9.75. The van der Waals surface area contributed by atoms with E-state index in [1.165, 1.54) is 18.2 Å². The van der Waals surface area contributed by atoms with Crippen LogP contribution in [0.3, 0.4) is 0 Å². The van der Waals surface area contributed by atoms with Crippen LogP contribution >= 0.6 is 11.6 Å². The summed E-state index contributed by atoms with van der Waals surface area (Å²) in [5.41, 5.74) is 0.548. The molecule has 2 heterocycles. The standard InChI is InChI=1S/C23H19ClF3N3O2S/c1-14(2)21-10-16(9-19(12-28)33(31,32)18-7-5-4-6-8-18)15(3)30(21)22-20(24)11-17(13-29-22)23(25,26)27/h4-11,13-14H,1-3H3/b19-9+. The molecule has 0 spiro atoms. The predicted octanol–water partition coefficient (Wildman–Crippen LogP) is 6.31. The van der Waals surface area contributed by atoms with Crippen LogP contribution in [0.2, 0.25) is 5.02 Å². The van der Waals surface area contributed by atoms with Crippen molar-refractivity contribution in [2.75, 3.05) is 0 Å². The van der Waals surface area contributed by atoms with Crippen LogP contribution in [0.1, 0.15) is 42.3 Å². The van der Waals surface area contributed by atoms with Crippen LogP contribution in [0.5, 0.6) is 0 Å². The first kappa shape index (κ1) is 24.6. The van der Waals surface area contributed by atoms with Crippen LogP contribution in [0.15, 0.2) is 58.5 Å². The van der Waals surface area contributed by atoms with Gasteiger partial charge in [0.25, 0.3) is 0 Å². The molecule has 0 amide bonds. The number of rotatable bonds is 5. The molecular weight excluding hydrogens is 475 g/mol. The number of pyridine rings is 1. The summed E-state index contributed by atoms with van der Waals surface area (Å²) < 4.78 is 66.5. The quantitative estimate of drug-likeness (QED) is 0.390. The second-order valence-corrected chi connectivity index (χ2v) is 9.89. The molecular formula is C23H19ClF3N3O2S. The summed E-state index contributed by atoms with van der Waals surface area (Å²) in [5, 5.41) is 9.37. The maximum absolute atomic E-state index is 13.0. The predicted molar refractivity (Wildman–Crippen MR) is 120 cm³/mol. The number of allylic oxidation sites excluding steroid dienone is 1. The molecule has 5 nitrogen and oxygen atoms in total. The van der Waals surface area contributed by atoms with Crippen molar-refractivity contribution >= 4 is 27.5 Å². The maximum atomic E-state index is 13.0. The Balaban J connectivity index is 2.20. The van der Waals surface area contributed by atoms with Gasteiger partial charge in [0.1, 0.15) is 11.0 Å². The normalized spacial score (nSPS) is 12.8. The van der Waals surface area contributed by atoms with Gasteiger partial charge in [0.15, 0.2) is 5.82 Å². The maximum Gasteiger partial charge on any atom is 0.417 e. The lowest BCUT2D eigenvalue weighted by Gasteiger charge is -2.16. The number of nitrogens with zero attached hydrogens (tertiary/aromatic N) is 3. The zero-order valence-corrected chi connectivity index (χ0v) is 19.4. The monoisotopic (exact) mass is 493 g/mol. The molecule has 0 aliphatic heterocycles. The molecule has 0 aliphatic rings. The first-order valence-corrected chi connectivity index (χ1v) is 11.6. The Morgan fingerprint density at radius 1 is 1.21 bits per heavy atom. The van der Waals surface area contributed by atoms with Gasteiger partial charge in [0.05, 0.1) is 15.5 Å². The smallest absolute Gasteiger partial charge is 0.301 e. The molecule has 0 saturated heterocycles. The van der Waals surface area contributed by atoms with Gasteiger partial charge in [-0.1, -0.05) is 43.6 Å². The van der Waals surface area contributed by atoms with E-state index in [1.807, 2.05) is 13.8 Å². The Hall–Kier alpha value is -3.09. The van der Waals surface area contributed by atoms with Gasteiger partial charge in [0.2, 0.25) is 9.84 Å². The van der Waals surface area contributed by atoms with Gasteiger partial charge in [-0.25, -0.2) is 13.4 Å². The average molecular weight is 494 g/mol. The zero-order chi connectivity index (χ0) is 24.6. The number of hydrogen-bond acceptors (Lipinski definition) is 4. The Labute approximate surface area is 194 Å². The lowest BCUT2D eigenvalue weighted by atomic mass is 10.1. The van der Waals surface area contributed by atoms with Gasteiger partial charge < -0.3 is 4.57 Å². The zero-order valence-electron chi connectivity index (χ0n) is 17.9. The van der Waals surface area contributed by atoms with Crippen molar-refractivity contribution in [1.29, 1.82) is 5.26 Å². The largest absolute Gasteiger partial charge is 0.417 e. The Morgan fingerprint density at radius 3 is 2.36 bits per heavy atom. The van der Waals surface area contributed by atoms with E-state index >= 15 is 0 Å². The SMILES string of the molecule is Cc1c(/C=C(\C#N)S(=O)(=O)c2ccccc2)cc(C(C)C)n1-c1ncc(C(F)(F)F)cc1Cl. The van der Waals surface area contributed by atoms with E-state index < -0.39 is 26.5 Å². The molecule has 0 bridgehead atoms. The van der Waals surface area contributed by atoms with Gasteiger partial charge in [0, 0.05) is 17.6 Å². The molecule has 33 heavy (non-hydrogen) atoms. The highest BCUT2D eigenvalue weighted by Gasteiger charge is 2.32. The third kappa shape index (κ3) is 4.82. The molecule has 3 rings (SSSR count). The molecule has 2 aromatic heterocycles. The van der Waals surface area contributed by atoms with Crippen LogP contribution in [-0.4, -0.2) is 18.0 Å². The molecule has 1 aromatic carbocycles. The molecule has 172 valence electrons. The Kier molecular flexibility index (Phi) is 6.73. The highest BCUT2D eigenvalue weighted by Crippen LogP contribution is 2.35. The molecule has 0 radical (unpaired) electrons. The number of hydrogen-bond donors (Lipinski definition) is 0. The van der Waals surface area contributed by atoms with Gasteiger partial charge in [-0.05, 0) is 48.7 Å². The van der Waals surface area contributed by atoms with E-state index in [0.717, 1.165) is 6.07 Å². The molecule has 0 atom stereocenters. The summed E-state index contributed by atoms with van der Waals surface area (Å²) in [6, 6.07) is 11.8. The van der Waals surface area contributed by atoms with E-state index in [1.54, 1.807) is 41.8 Å². The summed E-state index contributed by atoms with van der Waals surface area (Å²) in [6.07, 6.45) is -2.65. The lowest BCUT2D eigenvalue weighted by Crippen LogP contribution is -2.10. The van der Waals surface area contributed by atoms with Crippen molar-refractivity contribution < 1.29 is 21.6 Å². The average Bonchev–Trinajstić information content (AvgIpc) is 3.08. The number of sulfone groups is 1. The third-order valence-electron chi connectivity index (χ3n) is 5.01. The number of nitriles is 1. The second kappa shape index (κ2) is 9.04. The van der Waals surface area contributed by atoms with Crippen LogP contribution in [-0.2, 0) is 16.0 Å². The topological polar surface area (TPSA) is 75.8 Å². The summed E-state index contributed by atoms with van der Waals surface area (Å²) in [6.45, 7) is 5.38. The molecule has 0 unspecified atom stereocenters. The van der Waals surface area contributed by atoms with Gasteiger partial charge in [-0.3, -0.25) is 0 Å². The number of aromatic nitrogens is 2. The number of benzene rings is 1. The first-order chi connectivity index (χ1) is 15.4. The second-order valence-electron chi connectivity index (χ2n) is 7.56.